The predicted octanol–water partition coefficient (Wildman–Crippen LogP) is 3.21. The van der Waals surface area contributed by atoms with E-state index in [9.17, 15) is 9.18 Å². The average Bonchev–Trinajstić information content (AvgIpc) is 2.17. The molecule has 0 unspecified atom stereocenters. The van der Waals surface area contributed by atoms with Gasteiger partial charge < -0.3 is 4.74 Å². The van der Waals surface area contributed by atoms with Crippen LogP contribution in [-0.2, 0) is 0 Å². The highest BCUT2D eigenvalue weighted by Crippen LogP contribution is 2.17. The largest absolute Gasteiger partial charge is 0.493 e. The number of rotatable bonds is 5. The number of ether oxygens (including phenoxy) is 1. The first kappa shape index (κ1) is 11.7. The number of ketones is 1. The van der Waals surface area contributed by atoms with Gasteiger partial charge in [-0.2, -0.15) is 0 Å². The first-order chi connectivity index (χ1) is 7.15. The minimum Gasteiger partial charge on any atom is -0.493 e. The third-order valence-corrected chi connectivity index (χ3v) is 2.09. The Kier molecular flexibility index (Phi) is 4.28. The van der Waals surface area contributed by atoms with E-state index in [1.807, 2.05) is 0 Å². The molecule has 1 aromatic carbocycles. The number of hydrogen-bond acceptors (Lipinski definition) is 2. The number of hydrogen-bond donors (Lipinski definition) is 0. The summed E-state index contributed by atoms with van der Waals surface area (Å²) in [5.41, 5.74) is 0.109. The second kappa shape index (κ2) is 5.49. The lowest BCUT2D eigenvalue weighted by molar-refractivity contribution is 0.101. The van der Waals surface area contributed by atoms with Crippen LogP contribution in [0.5, 0.6) is 5.75 Å². The van der Waals surface area contributed by atoms with E-state index >= 15 is 0 Å². The summed E-state index contributed by atoms with van der Waals surface area (Å²) in [5, 5.41) is 0. The second-order valence-electron chi connectivity index (χ2n) is 3.40. The maximum absolute atomic E-state index is 13.3. The summed E-state index contributed by atoms with van der Waals surface area (Å²) in [6, 6.07) is 4.33. The minimum atomic E-state index is -0.517. The molecule has 0 saturated heterocycles. The van der Waals surface area contributed by atoms with Crippen molar-refractivity contribution in [2.75, 3.05) is 6.61 Å². The Morgan fingerprint density at radius 3 is 2.73 bits per heavy atom. The Labute approximate surface area is 89.1 Å². The molecule has 0 saturated carbocycles. The van der Waals surface area contributed by atoms with Crippen LogP contribution in [0.3, 0.4) is 0 Å². The molecule has 0 aliphatic rings. The van der Waals surface area contributed by atoms with Gasteiger partial charge in [-0.05, 0) is 25.5 Å². The van der Waals surface area contributed by atoms with Crippen LogP contribution >= 0.6 is 0 Å². The van der Waals surface area contributed by atoms with Crippen LogP contribution in [0.1, 0.15) is 37.0 Å². The standard InChI is InChI=1S/C12H15FO2/c1-3-4-7-15-10-5-6-11(9(2)14)12(13)8-10/h5-6,8H,3-4,7H2,1-2H3. The van der Waals surface area contributed by atoms with E-state index in [4.69, 9.17) is 4.74 Å². The second-order valence-corrected chi connectivity index (χ2v) is 3.40. The number of Topliss-reactive ketones (excluding diaryl/α,β-unsaturated/α-hetero) is 1. The average molecular weight is 210 g/mol. The fourth-order valence-electron chi connectivity index (χ4n) is 1.21. The van der Waals surface area contributed by atoms with E-state index in [1.165, 1.54) is 19.1 Å². The molecular formula is C12H15FO2. The van der Waals surface area contributed by atoms with Gasteiger partial charge in [0.15, 0.2) is 5.78 Å². The predicted molar refractivity (Wildman–Crippen MR) is 56.8 cm³/mol. The Morgan fingerprint density at radius 1 is 1.47 bits per heavy atom. The van der Waals surface area contributed by atoms with Gasteiger partial charge in [0.1, 0.15) is 11.6 Å². The van der Waals surface area contributed by atoms with Gasteiger partial charge in [-0.25, -0.2) is 4.39 Å². The van der Waals surface area contributed by atoms with Crippen molar-refractivity contribution < 1.29 is 13.9 Å². The highest BCUT2D eigenvalue weighted by Gasteiger charge is 2.07. The van der Waals surface area contributed by atoms with Crippen molar-refractivity contribution >= 4 is 5.78 Å². The third-order valence-electron chi connectivity index (χ3n) is 2.09. The van der Waals surface area contributed by atoms with E-state index in [-0.39, 0.29) is 11.3 Å². The molecule has 0 N–H and O–H groups in total. The maximum atomic E-state index is 13.3. The summed E-state index contributed by atoms with van der Waals surface area (Å²) in [6.07, 6.45) is 1.98. The normalized spacial score (nSPS) is 10.1. The number of carbonyl (C=O) groups is 1. The van der Waals surface area contributed by atoms with Gasteiger partial charge in [0.05, 0.1) is 12.2 Å². The minimum absolute atomic E-state index is 0.109. The van der Waals surface area contributed by atoms with Crippen LogP contribution in [-0.4, -0.2) is 12.4 Å². The number of unbranched alkanes of at least 4 members (excludes halogenated alkanes) is 1. The fourth-order valence-corrected chi connectivity index (χ4v) is 1.21. The monoisotopic (exact) mass is 210 g/mol. The smallest absolute Gasteiger partial charge is 0.162 e. The van der Waals surface area contributed by atoms with Crippen LogP contribution in [0.25, 0.3) is 0 Å². The van der Waals surface area contributed by atoms with Crippen molar-refractivity contribution in [3.05, 3.63) is 29.6 Å². The number of benzene rings is 1. The highest BCUT2D eigenvalue weighted by molar-refractivity contribution is 5.94. The van der Waals surface area contributed by atoms with Crippen molar-refractivity contribution in [1.82, 2.24) is 0 Å². The quantitative estimate of drug-likeness (QED) is 0.551. The van der Waals surface area contributed by atoms with Crippen molar-refractivity contribution in [2.45, 2.75) is 26.7 Å². The van der Waals surface area contributed by atoms with Gasteiger partial charge in [0.25, 0.3) is 0 Å². The summed E-state index contributed by atoms with van der Waals surface area (Å²) < 4.78 is 18.6. The van der Waals surface area contributed by atoms with Gasteiger partial charge in [-0.3, -0.25) is 4.79 Å². The van der Waals surface area contributed by atoms with Gasteiger partial charge in [-0.15, -0.1) is 0 Å². The molecule has 1 rings (SSSR count). The molecule has 0 bridgehead atoms. The molecule has 1 aromatic rings. The Bertz CT molecular complexity index is 347. The summed E-state index contributed by atoms with van der Waals surface area (Å²) in [4.78, 5) is 11.0. The zero-order valence-electron chi connectivity index (χ0n) is 9.05. The molecule has 0 radical (unpaired) electrons. The molecule has 0 aliphatic heterocycles. The summed E-state index contributed by atoms with van der Waals surface area (Å²) >= 11 is 0. The SMILES string of the molecule is CCCCOc1ccc(C(C)=O)c(F)c1. The molecule has 0 aromatic heterocycles. The Balaban J connectivity index is 2.69. The highest BCUT2D eigenvalue weighted by atomic mass is 19.1. The van der Waals surface area contributed by atoms with E-state index in [0.717, 1.165) is 12.8 Å². The molecule has 0 aliphatic carbocycles. The fraction of sp³-hybridized carbons (Fsp3) is 0.417. The van der Waals surface area contributed by atoms with Crippen LogP contribution in [0.2, 0.25) is 0 Å². The third kappa shape index (κ3) is 3.35. The molecule has 0 amide bonds. The van der Waals surface area contributed by atoms with Gasteiger partial charge in [0.2, 0.25) is 0 Å². The van der Waals surface area contributed by atoms with E-state index in [1.54, 1.807) is 6.07 Å². The Hall–Kier alpha value is -1.38. The van der Waals surface area contributed by atoms with Crippen LogP contribution in [0, 0.1) is 5.82 Å². The molecule has 82 valence electrons. The lowest BCUT2D eigenvalue weighted by Crippen LogP contribution is -2.00. The van der Waals surface area contributed by atoms with Gasteiger partial charge in [0, 0.05) is 6.07 Å². The lowest BCUT2D eigenvalue weighted by Gasteiger charge is -2.06. The van der Waals surface area contributed by atoms with Crippen LogP contribution in [0.15, 0.2) is 18.2 Å². The molecule has 15 heavy (non-hydrogen) atoms. The van der Waals surface area contributed by atoms with E-state index in [0.29, 0.717) is 12.4 Å². The van der Waals surface area contributed by atoms with Gasteiger partial charge in [-0.1, -0.05) is 13.3 Å². The molecule has 3 heteroatoms. The number of carbonyl (C=O) groups excluding carboxylic acids is 1. The summed E-state index contributed by atoms with van der Waals surface area (Å²) in [6.45, 7) is 3.98. The maximum Gasteiger partial charge on any atom is 0.162 e. The molecule has 0 fully saturated rings. The van der Waals surface area contributed by atoms with Crippen LogP contribution < -0.4 is 4.74 Å². The molecule has 2 nitrogen and oxygen atoms in total. The first-order valence-corrected chi connectivity index (χ1v) is 5.08. The van der Waals surface area contributed by atoms with Crippen LogP contribution in [0.4, 0.5) is 4.39 Å². The van der Waals surface area contributed by atoms with Crippen molar-refractivity contribution in [3.63, 3.8) is 0 Å². The summed E-state index contributed by atoms with van der Waals surface area (Å²) in [7, 11) is 0. The van der Waals surface area contributed by atoms with E-state index < -0.39 is 5.82 Å². The topological polar surface area (TPSA) is 26.3 Å². The Morgan fingerprint density at radius 2 is 2.20 bits per heavy atom. The van der Waals surface area contributed by atoms with Gasteiger partial charge >= 0.3 is 0 Å². The van der Waals surface area contributed by atoms with Crippen molar-refractivity contribution in [1.29, 1.82) is 0 Å². The summed E-state index contributed by atoms with van der Waals surface area (Å²) in [5.74, 6) is -0.310. The molecule has 0 spiro atoms. The zero-order valence-corrected chi connectivity index (χ0v) is 9.05. The number of halogens is 1. The van der Waals surface area contributed by atoms with Crippen molar-refractivity contribution in [3.8, 4) is 5.75 Å². The van der Waals surface area contributed by atoms with Crippen molar-refractivity contribution in [2.24, 2.45) is 0 Å². The van der Waals surface area contributed by atoms with E-state index in [2.05, 4.69) is 6.92 Å². The molecule has 0 atom stereocenters. The first-order valence-electron chi connectivity index (χ1n) is 5.08. The molecular weight excluding hydrogens is 195 g/mol. The lowest BCUT2D eigenvalue weighted by atomic mass is 10.1. The zero-order chi connectivity index (χ0) is 11.3. The molecule has 0 heterocycles.